The number of nitrogens with zero attached hydrogens (tertiary/aromatic N) is 2. The van der Waals surface area contributed by atoms with Gasteiger partial charge in [0.15, 0.2) is 0 Å². The molecule has 0 aromatic carbocycles. The summed E-state index contributed by atoms with van der Waals surface area (Å²) in [6.07, 6.45) is 4.24. The van der Waals surface area contributed by atoms with Crippen molar-refractivity contribution >= 4 is 21.6 Å². The maximum atomic E-state index is 11.4. The molecule has 0 aliphatic carbocycles. The SMILES string of the molecule is CCCNC(CCCS(=O)(=O)CC)c1cnsn1. The van der Waals surface area contributed by atoms with Crippen molar-refractivity contribution in [1.82, 2.24) is 14.1 Å². The minimum Gasteiger partial charge on any atom is -0.309 e. The molecule has 0 radical (unpaired) electrons. The van der Waals surface area contributed by atoms with Crippen LogP contribution in [0.4, 0.5) is 0 Å². The molecule has 7 heteroatoms. The Balaban J connectivity index is 2.47. The molecule has 0 fully saturated rings. The first-order valence-corrected chi connectivity index (χ1v) is 8.85. The van der Waals surface area contributed by atoms with Crippen molar-refractivity contribution in [3.05, 3.63) is 11.9 Å². The van der Waals surface area contributed by atoms with Gasteiger partial charge in [0.1, 0.15) is 9.84 Å². The lowest BCUT2D eigenvalue weighted by Crippen LogP contribution is -2.23. The highest BCUT2D eigenvalue weighted by Gasteiger charge is 2.15. The Kier molecular flexibility index (Phi) is 6.73. The summed E-state index contributed by atoms with van der Waals surface area (Å²) in [6.45, 7) is 4.69. The van der Waals surface area contributed by atoms with Gasteiger partial charge in [-0.15, -0.1) is 0 Å². The van der Waals surface area contributed by atoms with Crippen LogP contribution < -0.4 is 5.32 Å². The van der Waals surface area contributed by atoms with Crippen LogP contribution in [-0.4, -0.2) is 35.2 Å². The van der Waals surface area contributed by atoms with Gasteiger partial charge in [-0.2, -0.15) is 8.75 Å². The van der Waals surface area contributed by atoms with Crippen LogP contribution in [0.3, 0.4) is 0 Å². The van der Waals surface area contributed by atoms with E-state index in [2.05, 4.69) is 21.0 Å². The van der Waals surface area contributed by atoms with Gasteiger partial charge in [0.25, 0.3) is 0 Å². The van der Waals surface area contributed by atoms with Gasteiger partial charge < -0.3 is 5.32 Å². The molecule has 0 amide bonds. The Morgan fingerprint density at radius 3 is 2.78 bits per heavy atom. The molecule has 1 aromatic rings. The van der Waals surface area contributed by atoms with Crippen LogP contribution >= 0.6 is 11.7 Å². The zero-order chi connectivity index (χ0) is 13.4. The second-order valence-electron chi connectivity index (χ2n) is 4.22. The summed E-state index contributed by atoms with van der Waals surface area (Å²) < 4.78 is 31.1. The van der Waals surface area contributed by atoms with E-state index in [1.54, 1.807) is 13.1 Å². The summed E-state index contributed by atoms with van der Waals surface area (Å²) in [5, 5.41) is 3.39. The zero-order valence-electron chi connectivity index (χ0n) is 10.9. The van der Waals surface area contributed by atoms with E-state index in [4.69, 9.17) is 0 Å². The molecule has 1 N–H and O–H groups in total. The smallest absolute Gasteiger partial charge is 0.150 e. The van der Waals surface area contributed by atoms with Gasteiger partial charge in [-0.05, 0) is 25.8 Å². The van der Waals surface area contributed by atoms with Gasteiger partial charge in [0, 0.05) is 5.75 Å². The molecule has 1 atom stereocenters. The Morgan fingerprint density at radius 1 is 1.44 bits per heavy atom. The van der Waals surface area contributed by atoms with Crippen molar-refractivity contribution in [2.75, 3.05) is 18.1 Å². The maximum absolute atomic E-state index is 11.4. The van der Waals surface area contributed by atoms with E-state index >= 15 is 0 Å². The first-order valence-electron chi connectivity index (χ1n) is 6.30. The monoisotopic (exact) mass is 291 g/mol. The molecule has 1 heterocycles. The highest BCUT2D eigenvalue weighted by molar-refractivity contribution is 7.91. The lowest BCUT2D eigenvalue weighted by molar-refractivity contribution is 0.485. The second kappa shape index (κ2) is 7.81. The van der Waals surface area contributed by atoms with Crippen molar-refractivity contribution in [2.24, 2.45) is 0 Å². The predicted molar refractivity (Wildman–Crippen MR) is 74.5 cm³/mol. The van der Waals surface area contributed by atoms with E-state index in [1.807, 2.05) is 0 Å². The molecule has 1 rings (SSSR count). The van der Waals surface area contributed by atoms with Gasteiger partial charge in [0.05, 0.1) is 35.4 Å². The topological polar surface area (TPSA) is 72.0 Å². The average molecular weight is 291 g/mol. The van der Waals surface area contributed by atoms with E-state index in [0.717, 1.165) is 25.1 Å². The molecule has 5 nitrogen and oxygen atoms in total. The largest absolute Gasteiger partial charge is 0.309 e. The van der Waals surface area contributed by atoms with E-state index in [9.17, 15) is 8.42 Å². The Morgan fingerprint density at radius 2 is 2.22 bits per heavy atom. The molecule has 1 unspecified atom stereocenters. The van der Waals surface area contributed by atoms with E-state index in [0.29, 0.717) is 6.42 Å². The molecular weight excluding hydrogens is 270 g/mol. The van der Waals surface area contributed by atoms with Crippen LogP contribution in [0.15, 0.2) is 6.20 Å². The van der Waals surface area contributed by atoms with Crippen molar-refractivity contribution in [2.45, 2.75) is 39.2 Å². The summed E-state index contributed by atoms with van der Waals surface area (Å²) in [7, 11) is -2.87. The maximum Gasteiger partial charge on any atom is 0.150 e. The summed E-state index contributed by atoms with van der Waals surface area (Å²) in [6, 6.07) is 0.121. The molecule has 18 heavy (non-hydrogen) atoms. The molecular formula is C11H21N3O2S2. The fourth-order valence-corrected chi connectivity index (χ4v) is 3.02. The Hall–Kier alpha value is -0.530. The Bertz CT molecular complexity index is 418. The highest BCUT2D eigenvalue weighted by atomic mass is 32.2. The van der Waals surface area contributed by atoms with Crippen LogP contribution in [0.5, 0.6) is 0 Å². The third kappa shape index (κ3) is 5.41. The van der Waals surface area contributed by atoms with Crippen LogP contribution in [0.2, 0.25) is 0 Å². The van der Waals surface area contributed by atoms with Crippen LogP contribution in [0.1, 0.15) is 44.8 Å². The molecule has 0 aliphatic heterocycles. The number of rotatable bonds is 9. The normalized spacial score (nSPS) is 13.7. The average Bonchev–Trinajstić information content (AvgIpc) is 2.87. The lowest BCUT2D eigenvalue weighted by atomic mass is 10.1. The predicted octanol–water partition coefficient (Wildman–Crippen LogP) is 1.79. The number of nitrogens with one attached hydrogen (secondary N) is 1. The third-order valence-electron chi connectivity index (χ3n) is 2.76. The highest BCUT2D eigenvalue weighted by Crippen LogP contribution is 2.17. The zero-order valence-corrected chi connectivity index (χ0v) is 12.6. The van der Waals surface area contributed by atoms with Gasteiger partial charge in [-0.25, -0.2) is 8.42 Å². The molecule has 104 valence electrons. The summed E-state index contributed by atoms with van der Waals surface area (Å²) in [5.41, 5.74) is 0.919. The fraction of sp³-hybridized carbons (Fsp3) is 0.818. The van der Waals surface area contributed by atoms with Gasteiger partial charge in [-0.1, -0.05) is 13.8 Å². The van der Waals surface area contributed by atoms with Gasteiger partial charge in [0.2, 0.25) is 0 Å². The molecule has 0 saturated heterocycles. The lowest BCUT2D eigenvalue weighted by Gasteiger charge is -2.15. The number of sulfone groups is 1. The minimum absolute atomic E-state index is 0.121. The first kappa shape index (κ1) is 15.5. The van der Waals surface area contributed by atoms with E-state index in [1.165, 1.54) is 11.7 Å². The number of hydrogen-bond donors (Lipinski definition) is 1. The Labute approximate surface area is 113 Å². The van der Waals surface area contributed by atoms with Crippen molar-refractivity contribution in [1.29, 1.82) is 0 Å². The standard InChI is InChI=1S/C11H21N3O2S2/c1-3-7-12-10(11-9-13-17-14-11)6-5-8-18(15,16)4-2/h9-10,12H,3-8H2,1-2H3. The minimum atomic E-state index is -2.87. The van der Waals surface area contributed by atoms with E-state index in [-0.39, 0.29) is 17.5 Å². The quantitative estimate of drug-likeness (QED) is 0.751. The summed E-state index contributed by atoms with van der Waals surface area (Å²) >= 11 is 1.19. The number of aromatic nitrogens is 2. The van der Waals surface area contributed by atoms with E-state index < -0.39 is 9.84 Å². The second-order valence-corrected chi connectivity index (χ2v) is 7.25. The first-order chi connectivity index (χ1) is 8.59. The van der Waals surface area contributed by atoms with Gasteiger partial charge >= 0.3 is 0 Å². The summed E-state index contributed by atoms with van der Waals surface area (Å²) in [4.78, 5) is 0. The van der Waals surface area contributed by atoms with Crippen LogP contribution in [-0.2, 0) is 9.84 Å². The third-order valence-corrected chi connectivity index (χ3v) is 5.05. The van der Waals surface area contributed by atoms with Crippen molar-refractivity contribution in [3.8, 4) is 0 Å². The van der Waals surface area contributed by atoms with Gasteiger partial charge in [-0.3, -0.25) is 0 Å². The van der Waals surface area contributed by atoms with Crippen molar-refractivity contribution in [3.63, 3.8) is 0 Å². The molecule has 0 aliphatic rings. The molecule has 0 spiro atoms. The fourth-order valence-electron chi connectivity index (χ4n) is 1.65. The summed E-state index contributed by atoms with van der Waals surface area (Å²) in [5.74, 6) is 0.476. The molecule has 0 bridgehead atoms. The molecule has 1 aromatic heterocycles. The number of hydrogen-bond acceptors (Lipinski definition) is 6. The molecule has 0 saturated carbocycles. The van der Waals surface area contributed by atoms with Crippen molar-refractivity contribution < 1.29 is 8.42 Å². The van der Waals surface area contributed by atoms with Crippen LogP contribution in [0, 0.1) is 0 Å². The van der Waals surface area contributed by atoms with Crippen LogP contribution in [0.25, 0.3) is 0 Å².